The summed E-state index contributed by atoms with van der Waals surface area (Å²) in [6.45, 7) is 5.60. The summed E-state index contributed by atoms with van der Waals surface area (Å²) < 4.78 is 0. The molecular weight excluding hydrogens is 162 g/mol. The molecule has 1 rings (SSSR count). The predicted molar refractivity (Wildman–Crippen MR) is 55.9 cm³/mol. The lowest BCUT2D eigenvalue weighted by Gasteiger charge is -2.24. The molecule has 0 saturated heterocycles. The van der Waals surface area contributed by atoms with Gasteiger partial charge in [0.2, 0.25) is 0 Å². The largest absolute Gasteiger partial charge is 0.388 e. The highest BCUT2D eigenvalue weighted by Gasteiger charge is 2.33. The first kappa shape index (κ1) is 10.5. The van der Waals surface area contributed by atoms with Crippen molar-refractivity contribution in [1.29, 1.82) is 5.41 Å². The normalized spacial score (nSPS) is 28.9. The topological polar surface area (TPSA) is 53.1 Å². The summed E-state index contributed by atoms with van der Waals surface area (Å²) in [6, 6.07) is 0.408. The summed E-state index contributed by atoms with van der Waals surface area (Å²) >= 11 is 0. The molecule has 3 nitrogen and oxygen atoms in total. The van der Waals surface area contributed by atoms with Crippen LogP contribution in [0.5, 0.6) is 0 Å². The van der Waals surface area contributed by atoms with Crippen molar-refractivity contribution in [2.45, 2.75) is 32.7 Å². The summed E-state index contributed by atoms with van der Waals surface area (Å²) in [5.41, 5.74) is 5.36. The van der Waals surface area contributed by atoms with Gasteiger partial charge in [-0.3, -0.25) is 5.41 Å². The first-order chi connectivity index (χ1) is 6.00. The molecule has 0 aromatic carbocycles. The van der Waals surface area contributed by atoms with E-state index in [-0.39, 0.29) is 0 Å². The van der Waals surface area contributed by atoms with Crippen molar-refractivity contribution < 1.29 is 0 Å². The molecule has 0 aromatic heterocycles. The Hall–Kier alpha value is -0.570. The van der Waals surface area contributed by atoms with Crippen LogP contribution < -0.4 is 5.73 Å². The third kappa shape index (κ3) is 3.35. The third-order valence-electron chi connectivity index (χ3n) is 3.07. The Labute approximate surface area is 80.8 Å². The van der Waals surface area contributed by atoms with Crippen molar-refractivity contribution in [2.75, 3.05) is 13.6 Å². The van der Waals surface area contributed by atoms with Gasteiger partial charge in [-0.15, -0.1) is 0 Å². The van der Waals surface area contributed by atoms with Crippen molar-refractivity contribution in [2.24, 2.45) is 17.6 Å². The van der Waals surface area contributed by atoms with Crippen LogP contribution in [-0.4, -0.2) is 30.4 Å². The van der Waals surface area contributed by atoms with Crippen LogP contribution in [0.2, 0.25) is 0 Å². The highest BCUT2D eigenvalue weighted by molar-refractivity contribution is 5.77. The molecule has 0 aliphatic heterocycles. The smallest absolute Gasteiger partial charge is 0.0920 e. The fraction of sp³-hybridized carbons (Fsp3) is 0.900. The van der Waals surface area contributed by atoms with Gasteiger partial charge in [0.05, 0.1) is 5.84 Å². The Morgan fingerprint density at radius 3 is 2.62 bits per heavy atom. The second-order valence-electron chi connectivity index (χ2n) is 4.49. The van der Waals surface area contributed by atoms with Gasteiger partial charge in [0.25, 0.3) is 0 Å². The van der Waals surface area contributed by atoms with Crippen molar-refractivity contribution in [3.05, 3.63) is 0 Å². The number of hydrogen-bond acceptors (Lipinski definition) is 2. The Morgan fingerprint density at radius 1 is 1.69 bits per heavy atom. The van der Waals surface area contributed by atoms with Gasteiger partial charge in [-0.05, 0) is 32.2 Å². The molecule has 76 valence electrons. The van der Waals surface area contributed by atoms with Crippen molar-refractivity contribution in [3.8, 4) is 0 Å². The van der Waals surface area contributed by atoms with Gasteiger partial charge in [-0.2, -0.15) is 0 Å². The van der Waals surface area contributed by atoms with Crippen molar-refractivity contribution in [1.82, 2.24) is 4.90 Å². The standard InChI is InChI=1S/C10H21N3/c1-7-4-9(7)6-13(3)8(2)5-10(11)12/h7-9H,4-6H2,1-3H3,(H3,11,12). The first-order valence-electron chi connectivity index (χ1n) is 5.03. The van der Waals surface area contributed by atoms with E-state index in [0.717, 1.165) is 18.4 Å². The summed E-state index contributed by atoms with van der Waals surface area (Å²) in [7, 11) is 2.12. The molecule has 0 bridgehead atoms. The number of rotatable bonds is 5. The van der Waals surface area contributed by atoms with E-state index in [2.05, 4.69) is 25.8 Å². The molecule has 1 fully saturated rings. The zero-order valence-corrected chi connectivity index (χ0v) is 8.88. The molecule has 0 aromatic rings. The lowest BCUT2D eigenvalue weighted by molar-refractivity contribution is 0.249. The maximum Gasteiger partial charge on any atom is 0.0920 e. The molecule has 13 heavy (non-hydrogen) atoms. The molecule has 1 saturated carbocycles. The van der Waals surface area contributed by atoms with Gasteiger partial charge in [-0.1, -0.05) is 6.92 Å². The Balaban J connectivity index is 2.21. The van der Waals surface area contributed by atoms with E-state index in [9.17, 15) is 0 Å². The van der Waals surface area contributed by atoms with E-state index in [4.69, 9.17) is 11.1 Å². The van der Waals surface area contributed by atoms with Crippen LogP contribution in [0.3, 0.4) is 0 Å². The highest BCUT2D eigenvalue weighted by Crippen LogP contribution is 2.38. The molecule has 3 N–H and O–H groups in total. The van der Waals surface area contributed by atoms with Gasteiger partial charge in [0, 0.05) is 19.0 Å². The minimum absolute atomic E-state index is 0.295. The monoisotopic (exact) mass is 183 g/mol. The maximum absolute atomic E-state index is 7.21. The number of nitrogens with one attached hydrogen (secondary N) is 1. The molecule has 0 radical (unpaired) electrons. The van der Waals surface area contributed by atoms with Crippen LogP contribution >= 0.6 is 0 Å². The zero-order valence-electron chi connectivity index (χ0n) is 8.88. The highest BCUT2D eigenvalue weighted by atomic mass is 15.1. The molecule has 0 heterocycles. The van der Waals surface area contributed by atoms with Gasteiger partial charge in [0.15, 0.2) is 0 Å². The Morgan fingerprint density at radius 2 is 2.23 bits per heavy atom. The van der Waals surface area contributed by atoms with E-state index in [0.29, 0.717) is 18.3 Å². The maximum atomic E-state index is 7.21. The van der Waals surface area contributed by atoms with E-state index in [1.54, 1.807) is 0 Å². The van der Waals surface area contributed by atoms with Crippen LogP contribution in [-0.2, 0) is 0 Å². The van der Waals surface area contributed by atoms with Crippen LogP contribution in [0.1, 0.15) is 26.7 Å². The van der Waals surface area contributed by atoms with Crippen LogP contribution in [0.4, 0.5) is 0 Å². The van der Waals surface area contributed by atoms with Crippen LogP contribution in [0.15, 0.2) is 0 Å². The summed E-state index contributed by atoms with van der Waals surface area (Å²) in [5.74, 6) is 2.09. The first-order valence-corrected chi connectivity index (χ1v) is 5.03. The van der Waals surface area contributed by atoms with E-state index >= 15 is 0 Å². The number of nitrogens with two attached hydrogens (primary N) is 1. The van der Waals surface area contributed by atoms with Gasteiger partial charge < -0.3 is 10.6 Å². The summed E-state index contributed by atoms with van der Waals surface area (Å²) in [4.78, 5) is 2.32. The second-order valence-corrected chi connectivity index (χ2v) is 4.49. The summed E-state index contributed by atoms with van der Waals surface area (Å²) in [5, 5.41) is 7.21. The third-order valence-corrected chi connectivity index (χ3v) is 3.07. The number of nitrogens with zero attached hydrogens (tertiary/aromatic N) is 1. The summed E-state index contributed by atoms with van der Waals surface area (Å²) in [6.07, 6.45) is 2.06. The van der Waals surface area contributed by atoms with Crippen LogP contribution in [0.25, 0.3) is 0 Å². The molecular formula is C10H21N3. The SMILES string of the molecule is CC1CC1CN(C)C(C)CC(=N)N. The minimum atomic E-state index is 0.295. The van der Waals surface area contributed by atoms with Gasteiger partial charge in [-0.25, -0.2) is 0 Å². The van der Waals surface area contributed by atoms with Crippen LogP contribution in [0, 0.1) is 17.2 Å². The average Bonchev–Trinajstić information content (AvgIpc) is 2.64. The predicted octanol–water partition coefficient (Wildman–Crippen LogP) is 1.29. The molecule has 3 heteroatoms. The Kier molecular flexibility index (Phi) is 3.31. The molecule has 3 atom stereocenters. The molecule has 1 aliphatic rings. The average molecular weight is 183 g/mol. The van der Waals surface area contributed by atoms with Crippen molar-refractivity contribution in [3.63, 3.8) is 0 Å². The number of amidine groups is 1. The minimum Gasteiger partial charge on any atom is -0.388 e. The lowest BCUT2D eigenvalue weighted by Crippen LogP contribution is -2.34. The Bertz CT molecular complexity index is 191. The molecule has 0 spiro atoms. The van der Waals surface area contributed by atoms with E-state index in [1.807, 2.05) is 0 Å². The quantitative estimate of drug-likeness (QED) is 0.498. The second kappa shape index (κ2) is 4.09. The van der Waals surface area contributed by atoms with Gasteiger partial charge in [0.1, 0.15) is 0 Å². The number of hydrogen-bond donors (Lipinski definition) is 2. The fourth-order valence-corrected chi connectivity index (χ4v) is 1.68. The zero-order chi connectivity index (χ0) is 10.0. The van der Waals surface area contributed by atoms with E-state index in [1.165, 1.54) is 6.42 Å². The molecule has 1 aliphatic carbocycles. The van der Waals surface area contributed by atoms with E-state index < -0.39 is 0 Å². The molecule has 3 unspecified atom stereocenters. The fourth-order valence-electron chi connectivity index (χ4n) is 1.68. The van der Waals surface area contributed by atoms with Crippen molar-refractivity contribution >= 4 is 5.84 Å². The van der Waals surface area contributed by atoms with Gasteiger partial charge >= 0.3 is 0 Å². The molecule has 0 amide bonds. The lowest BCUT2D eigenvalue weighted by atomic mass is 10.2.